The van der Waals surface area contributed by atoms with Gasteiger partial charge in [0.1, 0.15) is 11.3 Å². The summed E-state index contributed by atoms with van der Waals surface area (Å²) in [5.74, 6) is -2.09. The fraction of sp³-hybridized carbons (Fsp3) is 0.217. The predicted molar refractivity (Wildman–Crippen MR) is 128 cm³/mol. The zero-order valence-electron chi connectivity index (χ0n) is 19.7. The number of aromatic nitrogens is 4. The molecule has 186 valence electrons. The van der Waals surface area contributed by atoms with Crippen LogP contribution in [0, 0.1) is 15.9 Å². The highest BCUT2D eigenvalue weighted by Gasteiger charge is 2.24. The fourth-order valence-corrected chi connectivity index (χ4v) is 3.59. The molecule has 0 aliphatic carbocycles. The summed E-state index contributed by atoms with van der Waals surface area (Å²) < 4.78 is 27.1. The van der Waals surface area contributed by atoms with Crippen molar-refractivity contribution in [2.45, 2.75) is 20.0 Å². The van der Waals surface area contributed by atoms with Crippen LogP contribution in [0.5, 0.6) is 5.75 Å². The molecule has 2 aromatic carbocycles. The van der Waals surface area contributed by atoms with Gasteiger partial charge in [-0.3, -0.25) is 14.7 Å². The number of nitrogens with zero attached hydrogens (tertiary/aromatic N) is 5. The summed E-state index contributed by atoms with van der Waals surface area (Å²) in [7, 11) is 2.84. The van der Waals surface area contributed by atoms with E-state index in [1.807, 2.05) is 0 Å². The third kappa shape index (κ3) is 4.33. The summed E-state index contributed by atoms with van der Waals surface area (Å²) in [6.07, 6.45) is 0.727. The van der Waals surface area contributed by atoms with Crippen molar-refractivity contribution in [3.63, 3.8) is 0 Å². The molecule has 4 aromatic rings. The van der Waals surface area contributed by atoms with E-state index in [1.165, 1.54) is 22.4 Å². The van der Waals surface area contributed by atoms with Gasteiger partial charge in [0, 0.05) is 25.4 Å². The predicted octanol–water partition coefficient (Wildman–Crippen LogP) is 3.48. The van der Waals surface area contributed by atoms with Crippen LogP contribution in [0.25, 0.3) is 16.9 Å². The van der Waals surface area contributed by atoms with E-state index in [1.54, 1.807) is 45.2 Å². The first kappa shape index (κ1) is 24.3. The van der Waals surface area contributed by atoms with Gasteiger partial charge in [0.05, 0.1) is 34.9 Å². The molecule has 12 nitrogen and oxygen atoms in total. The molecule has 0 unspecified atom stereocenters. The van der Waals surface area contributed by atoms with Gasteiger partial charge in [-0.1, -0.05) is 12.1 Å². The van der Waals surface area contributed by atoms with E-state index in [2.05, 4.69) is 15.3 Å². The number of carbonyl (C=O) groups excluding carboxylic acids is 1. The third-order valence-corrected chi connectivity index (χ3v) is 5.22. The number of anilines is 2. The molecule has 2 heterocycles. The number of nitrogens with one attached hydrogen (secondary N) is 1. The number of ether oxygens (including phenoxy) is 2. The first-order chi connectivity index (χ1) is 17.1. The standard InChI is InChI=1S/C23H21FN6O6/c1-12(2)36-21(31)13-11-25-22(26-15-10-18(30(33)34)14(24)9-19(15)35-4)27-20(13)29-17-8-6-5-7-16(17)28(3)23(29)32/h5-12H,1-4H3,(H,25,26,27). The summed E-state index contributed by atoms with van der Waals surface area (Å²) in [6, 6.07) is 8.71. The normalized spacial score (nSPS) is 11.1. The van der Waals surface area contributed by atoms with Crippen molar-refractivity contribution in [2.24, 2.45) is 7.05 Å². The number of aryl methyl sites for hydroxylation is 1. The number of nitro benzene ring substituents is 1. The van der Waals surface area contributed by atoms with Crippen LogP contribution in [0.1, 0.15) is 24.2 Å². The Hall–Kier alpha value is -4.81. The maximum absolute atomic E-state index is 14.1. The summed E-state index contributed by atoms with van der Waals surface area (Å²) in [5.41, 5.74) is -0.280. The molecular formula is C23H21FN6O6. The number of methoxy groups -OCH3 is 1. The van der Waals surface area contributed by atoms with Crippen molar-refractivity contribution >= 4 is 34.3 Å². The number of hydrogen-bond acceptors (Lipinski definition) is 9. The number of halogens is 1. The van der Waals surface area contributed by atoms with Gasteiger partial charge in [-0.15, -0.1) is 0 Å². The Morgan fingerprint density at radius 1 is 1.22 bits per heavy atom. The number of esters is 1. The molecule has 0 saturated heterocycles. The summed E-state index contributed by atoms with van der Waals surface area (Å²) >= 11 is 0. The van der Waals surface area contributed by atoms with Crippen molar-refractivity contribution in [1.29, 1.82) is 0 Å². The van der Waals surface area contributed by atoms with Crippen molar-refractivity contribution in [1.82, 2.24) is 19.1 Å². The van der Waals surface area contributed by atoms with Gasteiger partial charge in [0.15, 0.2) is 5.82 Å². The topological polar surface area (TPSA) is 143 Å². The first-order valence-electron chi connectivity index (χ1n) is 10.7. The van der Waals surface area contributed by atoms with Gasteiger partial charge in [0.2, 0.25) is 11.8 Å². The third-order valence-electron chi connectivity index (χ3n) is 5.22. The number of para-hydroxylation sites is 2. The number of fused-ring (bicyclic) bond motifs is 1. The Labute approximate surface area is 203 Å². The monoisotopic (exact) mass is 496 g/mol. The number of carbonyl (C=O) groups is 1. The zero-order chi connectivity index (χ0) is 26.1. The lowest BCUT2D eigenvalue weighted by atomic mass is 10.2. The molecule has 0 amide bonds. The maximum atomic E-state index is 14.1. The lowest BCUT2D eigenvalue weighted by Gasteiger charge is -2.14. The number of imidazole rings is 1. The minimum absolute atomic E-state index is 0.000626. The van der Waals surface area contributed by atoms with E-state index in [0.717, 1.165) is 12.1 Å². The molecule has 13 heteroatoms. The molecule has 36 heavy (non-hydrogen) atoms. The van der Waals surface area contributed by atoms with Crippen molar-refractivity contribution in [3.8, 4) is 11.6 Å². The van der Waals surface area contributed by atoms with Crippen LogP contribution >= 0.6 is 0 Å². The van der Waals surface area contributed by atoms with Crippen LogP contribution < -0.4 is 15.7 Å². The zero-order valence-corrected chi connectivity index (χ0v) is 19.7. The van der Waals surface area contributed by atoms with Crippen molar-refractivity contribution in [3.05, 3.63) is 74.6 Å². The second-order valence-corrected chi connectivity index (χ2v) is 7.94. The van der Waals surface area contributed by atoms with Crippen molar-refractivity contribution in [2.75, 3.05) is 12.4 Å². The lowest BCUT2D eigenvalue weighted by molar-refractivity contribution is -0.387. The molecule has 0 saturated carbocycles. The quantitative estimate of drug-likeness (QED) is 0.231. The Morgan fingerprint density at radius 2 is 1.92 bits per heavy atom. The Kier molecular flexibility index (Phi) is 6.38. The largest absolute Gasteiger partial charge is 0.494 e. The van der Waals surface area contributed by atoms with Crippen LogP contribution in [-0.2, 0) is 11.8 Å². The molecule has 0 aliphatic heterocycles. The van der Waals surface area contributed by atoms with E-state index in [4.69, 9.17) is 9.47 Å². The van der Waals surface area contributed by atoms with Crippen LogP contribution in [0.2, 0.25) is 0 Å². The average molecular weight is 496 g/mol. The SMILES string of the molecule is COc1cc(F)c([N+](=O)[O-])cc1Nc1ncc(C(=O)OC(C)C)c(-n2c(=O)n(C)c3ccccc32)n1. The van der Waals surface area contributed by atoms with Gasteiger partial charge in [-0.05, 0) is 26.0 Å². The first-order valence-corrected chi connectivity index (χ1v) is 10.7. The number of nitro groups is 1. The van der Waals surface area contributed by atoms with E-state index < -0.39 is 34.2 Å². The van der Waals surface area contributed by atoms with Gasteiger partial charge in [-0.25, -0.2) is 19.1 Å². The lowest BCUT2D eigenvalue weighted by Crippen LogP contribution is -2.25. The molecule has 1 N–H and O–H groups in total. The summed E-state index contributed by atoms with van der Waals surface area (Å²) in [4.78, 5) is 44.8. The maximum Gasteiger partial charge on any atom is 0.343 e. The molecule has 0 fully saturated rings. The summed E-state index contributed by atoms with van der Waals surface area (Å²) in [5, 5.41) is 14.0. The van der Waals surface area contributed by atoms with Crippen LogP contribution in [0.15, 0.2) is 47.4 Å². The minimum atomic E-state index is -1.09. The number of rotatable bonds is 7. The number of hydrogen-bond donors (Lipinski definition) is 1. The average Bonchev–Trinajstić information content (AvgIpc) is 3.09. The molecule has 0 aliphatic rings. The van der Waals surface area contributed by atoms with Crippen molar-refractivity contribution < 1.29 is 23.6 Å². The van der Waals surface area contributed by atoms with Crippen LogP contribution in [0.3, 0.4) is 0 Å². The van der Waals surface area contributed by atoms with E-state index in [0.29, 0.717) is 11.0 Å². The van der Waals surface area contributed by atoms with E-state index in [-0.39, 0.29) is 28.8 Å². The van der Waals surface area contributed by atoms with E-state index in [9.17, 15) is 24.1 Å². The highest BCUT2D eigenvalue weighted by atomic mass is 19.1. The summed E-state index contributed by atoms with van der Waals surface area (Å²) in [6.45, 7) is 3.35. The highest BCUT2D eigenvalue weighted by molar-refractivity contribution is 5.94. The Bertz CT molecular complexity index is 1560. The fourth-order valence-electron chi connectivity index (χ4n) is 3.59. The van der Waals surface area contributed by atoms with Gasteiger partial charge in [-0.2, -0.15) is 9.37 Å². The van der Waals surface area contributed by atoms with Gasteiger partial charge < -0.3 is 14.8 Å². The minimum Gasteiger partial charge on any atom is -0.494 e. The molecular weight excluding hydrogens is 475 g/mol. The molecule has 0 bridgehead atoms. The second-order valence-electron chi connectivity index (χ2n) is 7.94. The van der Waals surface area contributed by atoms with Crippen LogP contribution in [-0.4, -0.2) is 43.2 Å². The molecule has 2 aromatic heterocycles. The van der Waals surface area contributed by atoms with Gasteiger partial charge >= 0.3 is 17.3 Å². The van der Waals surface area contributed by atoms with E-state index >= 15 is 0 Å². The second kappa shape index (κ2) is 9.44. The smallest absolute Gasteiger partial charge is 0.343 e. The van der Waals surface area contributed by atoms with Gasteiger partial charge in [0.25, 0.3) is 0 Å². The highest BCUT2D eigenvalue weighted by Crippen LogP contribution is 2.33. The molecule has 0 spiro atoms. The molecule has 4 rings (SSSR count). The molecule has 0 radical (unpaired) electrons. The number of benzene rings is 2. The Morgan fingerprint density at radius 3 is 2.56 bits per heavy atom. The van der Waals surface area contributed by atoms with Crippen LogP contribution in [0.4, 0.5) is 21.7 Å². The molecule has 0 atom stereocenters. The Balaban J connectivity index is 1.92.